The summed E-state index contributed by atoms with van der Waals surface area (Å²) in [5, 5.41) is 6.32. The van der Waals surface area contributed by atoms with Crippen molar-refractivity contribution >= 4 is 15.9 Å². The van der Waals surface area contributed by atoms with E-state index in [1.165, 1.54) is 5.56 Å². The predicted octanol–water partition coefficient (Wildman–Crippen LogP) is 1.90. The Balaban J connectivity index is 2.95. The summed E-state index contributed by atoms with van der Waals surface area (Å²) in [7, 11) is 5.49. The van der Waals surface area contributed by atoms with Gasteiger partial charge in [-0.15, -0.1) is 0 Å². The Kier molecular flexibility index (Phi) is 4.38. The lowest BCUT2D eigenvalue weighted by molar-refractivity contribution is 0.411. The molecule has 0 atom stereocenters. The average molecular weight is 259 g/mol. The molecule has 0 fully saturated rings. The van der Waals surface area contributed by atoms with Gasteiger partial charge in [0.25, 0.3) is 0 Å². The van der Waals surface area contributed by atoms with E-state index in [0.29, 0.717) is 0 Å². The molecule has 0 spiro atoms. The number of nitrogens with one attached hydrogen (secondary N) is 2. The zero-order valence-electron chi connectivity index (χ0n) is 8.60. The largest absolute Gasteiger partial charge is 0.496 e. The van der Waals surface area contributed by atoms with Crippen molar-refractivity contribution in [3.8, 4) is 5.75 Å². The van der Waals surface area contributed by atoms with E-state index in [-0.39, 0.29) is 6.17 Å². The van der Waals surface area contributed by atoms with Gasteiger partial charge in [0.2, 0.25) is 0 Å². The maximum atomic E-state index is 5.16. The van der Waals surface area contributed by atoms with Crippen molar-refractivity contribution in [2.75, 3.05) is 21.2 Å². The molecule has 0 radical (unpaired) electrons. The van der Waals surface area contributed by atoms with Crippen LogP contribution in [0.15, 0.2) is 22.7 Å². The molecule has 0 bridgehead atoms. The molecule has 0 aromatic heterocycles. The second-order valence-corrected chi connectivity index (χ2v) is 3.76. The third-order valence-corrected chi connectivity index (χ3v) is 2.71. The highest BCUT2D eigenvalue weighted by atomic mass is 79.9. The van der Waals surface area contributed by atoms with Crippen LogP contribution in [0, 0.1) is 0 Å². The smallest absolute Gasteiger partial charge is 0.133 e. The third kappa shape index (κ3) is 2.47. The molecule has 0 amide bonds. The Labute approximate surface area is 93.0 Å². The molecule has 0 aliphatic rings. The van der Waals surface area contributed by atoms with E-state index >= 15 is 0 Å². The van der Waals surface area contributed by atoms with Gasteiger partial charge in [-0.05, 0) is 47.7 Å². The molecule has 1 aromatic carbocycles. The molecule has 0 saturated carbocycles. The van der Waals surface area contributed by atoms with Crippen LogP contribution >= 0.6 is 15.9 Å². The van der Waals surface area contributed by atoms with Crippen LogP contribution in [0.1, 0.15) is 11.7 Å². The van der Waals surface area contributed by atoms with Crippen LogP contribution in [-0.4, -0.2) is 21.2 Å². The van der Waals surface area contributed by atoms with Gasteiger partial charge in [-0.2, -0.15) is 0 Å². The van der Waals surface area contributed by atoms with Gasteiger partial charge in [-0.25, -0.2) is 0 Å². The van der Waals surface area contributed by atoms with Crippen molar-refractivity contribution in [2.45, 2.75) is 6.17 Å². The van der Waals surface area contributed by atoms with Crippen LogP contribution in [0.2, 0.25) is 0 Å². The van der Waals surface area contributed by atoms with Crippen molar-refractivity contribution < 1.29 is 4.74 Å². The van der Waals surface area contributed by atoms with Gasteiger partial charge in [0.05, 0.1) is 17.7 Å². The van der Waals surface area contributed by atoms with E-state index in [9.17, 15) is 0 Å². The molecule has 0 heterocycles. The molecule has 4 heteroatoms. The molecule has 0 aliphatic heterocycles. The van der Waals surface area contributed by atoms with Gasteiger partial charge in [-0.1, -0.05) is 6.07 Å². The monoisotopic (exact) mass is 258 g/mol. The molecular weight excluding hydrogens is 244 g/mol. The minimum Gasteiger partial charge on any atom is -0.496 e. The fourth-order valence-electron chi connectivity index (χ4n) is 1.34. The van der Waals surface area contributed by atoms with Crippen LogP contribution in [0.25, 0.3) is 0 Å². The van der Waals surface area contributed by atoms with Crippen molar-refractivity contribution in [3.05, 3.63) is 28.2 Å². The Morgan fingerprint density at radius 3 is 2.36 bits per heavy atom. The minimum absolute atomic E-state index is 0.164. The first-order chi connectivity index (χ1) is 6.72. The highest BCUT2D eigenvalue weighted by molar-refractivity contribution is 9.10. The second kappa shape index (κ2) is 5.34. The first-order valence-electron chi connectivity index (χ1n) is 4.41. The normalized spacial score (nSPS) is 10.6. The lowest BCUT2D eigenvalue weighted by atomic mass is 10.1. The summed E-state index contributed by atoms with van der Waals surface area (Å²) in [5.41, 5.74) is 1.17. The number of rotatable bonds is 4. The lowest BCUT2D eigenvalue weighted by Gasteiger charge is -2.16. The lowest BCUT2D eigenvalue weighted by Crippen LogP contribution is -2.28. The molecule has 78 valence electrons. The summed E-state index contributed by atoms with van der Waals surface area (Å²) in [5.74, 6) is 0.847. The van der Waals surface area contributed by atoms with Gasteiger partial charge in [0.1, 0.15) is 5.75 Å². The van der Waals surface area contributed by atoms with Gasteiger partial charge in [-0.3, -0.25) is 0 Å². The molecule has 3 nitrogen and oxygen atoms in total. The molecule has 1 aromatic rings. The van der Waals surface area contributed by atoms with Crippen LogP contribution in [-0.2, 0) is 0 Å². The number of benzene rings is 1. The summed E-state index contributed by atoms with van der Waals surface area (Å²) < 4.78 is 6.13. The fourth-order valence-corrected chi connectivity index (χ4v) is 1.90. The summed E-state index contributed by atoms with van der Waals surface area (Å²) in [6.07, 6.45) is 0.164. The molecule has 2 N–H and O–H groups in total. The van der Waals surface area contributed by atoms with E-state index in [2.05, 4.69) is 26.6 Å². The minimum atomic E-state index is 0.164. The SMILES string of the molecule is CNC(NC)c1ccc(OC)c(Br)c1. The molecule has 0 saturated heterocycles. The van der Waals surface area contributed by atoms with Crippen molar-refractivity contribution in [3.63, 3.8) is 0 Å². The molecule has 14 heavy (non-hydrogen) atoms. The molecule has 0 unspecified atom stereocenters. The van der Waals surface area contributed by atoms with E-state index in [0.717, 1.165) is 10.2 Å². The summed E-state index contributed by atoms with van der Waals surface area (Å²) in [4.78, 5) is 0. The quantitative estimate of drug-likeness (QED) is 0.810. The fraction of sp³-hybridized carbons (Fsp3) is 0.400. The van der Waals surface area contributed by atoms with E-state index in [1.807, 2.05) is 32.3 Å². The Morgan fingerprint density at radius 1 is 1.29 bits per heavy atom. The standard InChI is InChI=1S/C10H15BrN2O/c1-12-10(13-2)7-4-5-9(14-3)8(11)6-7/h4-6,10,12-13H,1-3H3. The first kappa shape index (κ1) is 11.5. The Bertz CT molecular complexity index is 300. The van der Waals surface area contributed by atoms with Gasteiger partial charge in [0.15, 0.2) is 0 Å². The molecule has 0 aliphatic carbocycles. The number of hydrogen-bond acceptors (Lipinski definition) is 3. The topological polar surface area (TPSA) is 33.3 Å². The van der Waals surface area contributed by atoms with Crippen LogP contribution < -0.4 is 15.4 Å². The number of halogens is 1. The van der Waals surface area contributed by atoms with Gasteiger partial charge >= 0.3 is 0 Å². The Morgan fingerprint density at radius 2 is 1.93 bits per heavy atom. The second-order valence-electron chi connectivity index (χ2n) is 2.90. The number of methoxy groups -OCH3 is 1. The van der Waals surface area contributed by atoms with Crippen molar-refractivity contribution in [2.24, 2.45) is 0 Å². The zero-order valence-corrected chi connectivity index (χ0v) is 10.2. The van der Waals surface area contributed by atoms with Crippen molar-refractivity contribution in [1.82, 2.24) is 10.6 Å². The maximum Gasteiger partial charge on any atom is 0.133 e. The first-order valence-corrected chi connectivity index (χ1v) is 5.20. The van der Waals surface area contributed by atoms with Crippen molar-refractivity contribution in [1.29, 1.82) is 0 Å². The van der Waals surface area contributed by atoms with Crippen LogP contribution in [0.4, 0.5) is 0 Å². The van der Waals surface area contributed by atoms with Gasteiger partial charge < -0.3 is 15.4 Å². The third-order valence-electron chi connectivity index (χ3n) is 2.09. The van der Waals surface area contributed by atoms with Crippen LogP contribution in [0.5, 0.6) is 5.75 Å². The highest BCUT2D eigenvalue weighted by Gasteiger charge is 2.08. The highest BCUT2D eigenvalue weighted by Crippen LogP contribution is 2.27. The zero-order chi connectivity index (χ0) is 10.6. The van der Waals surface area contributed by atoms with E-state index < -0.39 is 0 Å². The molecular formula is C10H15BrN2O. The van der Waals surface area contributed by atoms with Gasteiger partial charge in [0, 0.05) is 0 Å². The number of ether oxygens (including phenoxy) is 1. The van der Waals surface area contributed by atoms with E-state index in [4.69, 9.17) is 4.74 Å². The Hall–Kier alpha value is -0.580. The molecule has 1 rings (SSSR count). The average Bonchev–Trinajstić information content (AvgIpc) is 2.20. The summed E-state index contributed by atoms with van der Waals surface area (Å²) in [6.45, 7) is 0. The maximum absolute atomic E-state index is 5.16. The predicted molar refractivity (Wildman–Crippen MR) is 61.6 cm³/mol. The van der Waals surface area contributed by atoms with E-state index in [1.54, 1.807) is 7.11 Å². The number of hydrogen-bond donors (Lipinski definition) is 2. The summed E-state index contributed by atoms with van der Waals surface area (Å²) in [6, 6.07) is 6.01. The van der Waals surface area contributed by atoms with Crippen LogP contribution in [0.3, 0.4) is 0 Å². The summed E-state index contributed by atoms with van der Waals surface area (Å²) >= 11 is 3.45.